The van der Waals surface area contributed by atoms with Crippen molar-refractivity contribution < 1.29 is 30.4 Å². The van der Waals surface area contributed by atoms with Gasteiger partial charge in [-0.15, -0.1) is 0 Å². The Hall–Kier alpha value is -2.26. The van der Waals surface area contributed by atoms with Gasteiger partial charge in [0.2, 0.25) is 15.7 Å². The molecular formula is C21H23FIN3O6S2. The van der Waals surface area contributed by atoms with Crippen molar-refractivity contribution in [2.24, 2.45) is 0 Å². The van der Waals surface area contributed by atoms with Gasteiger partial charge in [0.15, 0.2) is 5.82 Å². The van der Waals surface area contributed by atoms with Crippen LogP contribution in [0.25, 0.3) is 22.4 Å². The van der Waals surface area contributed by atoms with Crippen molar-refractivity contribution in [3.05, 3.63) is 45.3 Å². The Labute approximate surface area is 210 Å². The van der Waals surface area contributed by atoms with Crippen molar-refractivity contribution in [2.45, 2.75) is 12.8 Å². The molecule has 3 rings (SSSR count). The van der Waals surface area contributed by atoms with Gasteiger partial charge in [0, 0.05) is 31.2 Å². The second-order valence-corrected chi connectivity index (χ2v) is 13.0. The Kier molecular flexibility index (Phi) is 7.87. The molecule has 0 bridgehead atoms. The number of halogens is 2. The molecule has 1 N–H and O–H groups in total. The Morgan fingerprint density at radius 1 is 1.15 bits per heavy atom. The topological polar surface area (TPSA) is 127 Å². The number of rotatable bonds is 9. The van der Waals surface area contributed by atoms with E-state index in [9.17, 15) is 26.0 Å². The van der Waals surface area contributed by atoms with Crippen LogP contribution in [0.15, 0.2) is 34.7 Å². The van der Waals surface area contributed by atoms with E-state index >= 15 is 0 Å². The maximum absolute atomic E-state index is 13.4. The molecule has 2 heterocycles. The monoisotopic (exact) mass is 623 g/mol. The van der Waals surface area contributed by atoms with Crippen molar-refractivity contribution in [1.29, 1.82) is 0 Å². The smallest absolute Gasteiger partial charge is 0.255 e. The molecule has 0 atom stereocenters. The molecule has 2 aromatic heterocycles. The number of fused-ring (bicyclic) bond motifs is 1. The molecule has 13 heteroatoms. The molecule has 0 spiro atoms. The molecule has 3 aromatic rings. The van der Waals surface area contributed by atoms with E-state index in [2.05, 4.69) is 10.3 Å². The first-order valence-electron chi connectivity index (χ1n) is 10.1. The maximum atomic E-state index is 13.4. The lowest BCUT2D eigenvalue weighted by Gasteiger charge is -2.22. The summed E-state index contributed by atoms with van der Waals surface area (Å²) in [6, 6.07) is 7.02. The highest BCUT2D eigenvalue weighted by Crippen LogP contribution is 2.36. The van der Waals surface area contributed by atoms with E-state index in [1.165, 1.54) is 31.3 Å². The second-order valence-electron chi connectivity index (χ2n) is 7.71. The van der Waals surface area contributed by atoms with Gasteiger partial charge < -0.3 is 9.73 Å². The highest BCUT2D eigenvalue weighted by molar-refractivity contribution is 14.1. The minimum atomic E-state index is -3.75. The van der Waals surface area contributed by atoms with Crippen LogP contribution >= 0.6 is 22.6 Å². The standard InChI is InChI=1S/C21H23FIN3O6S2/c1-24-20(27)17-15-12-16(23)19(26(34(3,30)31)10-4-5-11-33(2,28)29)25-21(15)32-18(17)13-6-8-14(22)9-7-13/h6-9,12H,4-5,10-11H2,1-3H3,(H,24,27). The third kappa shape index (κ3) is 6.05. The zero-order valence-electron chi connectivity index (χ0n) is 18.6. The summed E-state index contributed by atoms with van der Waals surface area (Å²) in [7, 11) is -5.45. The van der Waals surface area contributed by atoms with Crippen LogP contribution in [0, 0.1) is 9.39 Å². The lowest BCUT2D eigenvalue weighted by molar-refractivity contribution is 0.0964. The van der Waals surface area contributed by atoms with Gasteiger partial charge in [0.05, 0.1) is 20.8 Å². The number of furan rings is 1. The van der Waals surface area contributed by atoms with Crippen molar-refractivity contribution in [1.82, 2.24) is 10.3 Å². The number of unbranched alkanes of at least 4 members (excludes halogenated alkanes) is 1. The largest absolute Gasteiger partial charge is 0.437 e. The first kappa shape index (κ1) is 26.3. The molecule has 0 saturated carbocycles. The van der Waals surface area contributed by atoms with E-state index in [0.29, 0.717) is 27.4 Å². The Balaban J connectivity index is 2.10. The first-order chi connectivity index (χ1) is 15.8. The number of benzene rings is 1. The number of hydrogen-bond donors (Lipinski definition) is 1. The summed E-state index contributed by atoms with van der Waals surface area (Å²) in [6.45, 7) is 0.0245. The summed E-state index contributed by atoms with van der Waals surface area (Å²) in [6.07, 6.45) is 2.76. The molecule has 34 heavy (non-hydrogen) atoms. The number of nitrogens with zero attached hydrogens (tertiary/aromatic N) is 2. The molecule has 0 aliphatic rings. The molecule has 0 fully saturated rings. The third-order valence-electron chi connectivity index (χ3n) is 4.94. The van der Waals surface area contributed by atoms with Gasteiger partial charge >= 0.3 is 0 Å². The Morgan fingerprint density at radius 2 is 1.79 bits per heavy atom. The quantitative estimate of drug-likeness (QED) is 0.287. The molecular weight excluding hydrogens is 600 g/mol. The normalized spacial score (nSPS) is 12.1. The predicted octanol–water partition coefficient (Wildman–Crippen LogP) is 3.19. The van der Waals surface area contributed by atoms with E-state index in [-0.39, 0.29) is 35.2 Å². The SMILES string of the molecule is CNC(=O)c1c(-c2ccc(F)cc2)oc2nc(N(CCCCS(C)(=O)=O)S(C)(=O)=O)c(I)cc12. The predicted molar refractivity (Wildman–Crippen MR) is 137 cm³/mol. The van der Waals surface area contributed by atoms with Gasteiger partial charge in [-0.05, 0) is 65.8 Å². The van der Waals surface area contributed by atoms with Gasteiger partial charge in [-0.25, -0.2) is 21.2 Å². The van der Waals surface area contributed by atoms with E-state index in [1.807, 2.05) is 22.6 Å². The van der Waals surface area contributed by atoms with Crippen molar-refractivity contribution in [3.63, 3.8) is 0 Å². The van der Waals surface area contributed by atoms with Gasteiger partial charge in [-0.1, -0.05) is 0 Å². The fourth-order valence-electron chi connectivity index (χ4n) is 3.37. The number of carbonyl (C=O) groups excluding carboxylic acids is 1. The molecule has 1 aromatic carbocycles. The highest BCUT2D eigenvalue weighted by Gasteiger charge is 2.27. The lowest BCUT2D eigenvalue weighted by Crippen LogP contribution is -2.32. The van der Waals surface area contributed by atoms with Crippen LogP contribution in [-0.2, 0) is 19.9 Å². The summed E-state index contributed by atoms with van der Waals surface area (Å²) < 4.78 is 68.7. The van der Waals surface area contributed by atoms with Crippen LogP contribution < -0.4 is 9.62 Å². The molecule has 0 radical (unpaired) electrons. The molecule has 0 saturated heterocycles. The summed E-state index contributed by atoms with van der Waals surface area (Å²) in [5.41, 5.74) is 0.688. The summed E-state index contributed by atoms with van der Waals surface area (Å²) >= 11 is 1.93. The minimum Gasteiger partial charge on any atom is -0.437 e. The number of nitrogens with one attached hydrogen (secondary N) is 1. The number of amides is 1. The number of carbonyl (C=O) groups is 1. The van der Waals surface area contributed by atoms with Gasteiger partial charge in [-0.2, -0.15) is 4.98 Å². The van der Waals surface area contributed by atoms with Crippen LogP contribution in [0.4, 0.5) is 10.2 Å². The summed E-state index contributed by atoms with van der Waals surface area (Å²) in [5.74, 6) is -0.658. The summed E-state index contributed by atoms with van der Waals surface area (Å²) in [4.78, 5) is 17.1. The lowest BCUT2D eigenvalue weighted by atomic mass is 10.1. The number of sulfone groups is 1. The van der Waals surface area contributed by atoms with E-state index < -0.39 is 31.6 Å². The van der Waals surface area contributed by atoms with E-state index in [1.54, 1.807) is 6.07 Å². The van der Waals surface area contributed by atoms with Crippen molar-refractivity contribution in [3.8, 4) is 11.3 Å². The Morgan fingerprint density at radius 3 is 2.35 bits per heavy atom. The fraction of sp³-hybridized carbons (Fsp3) is 0.333. The van der Waals surface area contributed by atoms with Gasteiger partial charge in [0.1, 0.15) is 21.4 Å². The molecule has 184 valence electrons. The maximum Gasteiger partial charge on any atom is 0.255 e. The number of anilines is 1. The van der Waals surface area contributed by atoms with E-state index in [4.69, 9.17) is 4.42 Å². The molecule has 0 aliphatic carbocycles. The first-order valence-corrected chi connectivity index (χ1v) is 15.1. The number of aromatic nitrogens is 1. The van der Waals surface area contributed by atoms with Gasteiger partial charge in [0.25, 0.3) is 5.91 Å². The van der Waals surface area contributed by atoms with Crippen LogP contribution in [0.3, 0.4) is 0 Å². The number of pyridine rings is 1. The molecule has 9 nitrogen and oxygen atoms in total. The van der Waals surface area contributed by atoms with Gasteiger partial charge in [-0.3, -0.25) is 9.10 Å². The van der Waals surface area contributed by atoms with Crippen LogP contribution in [0.2, 0.25) is 0 Å². The molecule has 0 unspecified atom stereocenters. The highest BCUT2D eigenvalue weighted by atomic mass is 127. The minimum absolute atomic E-state index is 0.0245. The molecule has 1 amide bonds. The van der Waals surface area contributed by atoms with E-state index in [0.717, 1.165) is 16.8 Å². The third-order valence-corrected chi connectivity index (χ3v) is 7.92. The number of hydrogen-bond acceptors (Lipinski definition) is 7. The average molecular weight is 623 g/mol. The van der Waals surface area contributed by atoms with Crippen LogP contribution in [0.1, 0.15) is 23.2 Å². The number of sulfonamides is 1. The summed E-state index contributed by atoms with van der Waals surface area (Å²) in [5, 5.41) is 2.92. The average Bonchev–Trinajstić information content (AvgIpc) is 3.10. The van der Waals surface area contributed by atoms with Crippen LogP contribution in [-0.4, -0.2) is 59.6 Å². The Bertz CT molecular complexity index is 1440. The molecule has 0 aliphatic heterocycles. The van der Waals surface area contributed by atoms with Crippen LogP contribution in [0.5, 0.6) is 0 Å². The van der Waals surface area contributed by atoms with Crippen molar-refractivity contribution >= 4 is 65.3 Å². The zero-order chi connectivity index (χ0) is 25.3. The van der Waals surface area contributed by atoms with Crippen molar-refractivity contribution in [2.75, 3.05) is 36.2 Å². The second kappa shape index (κ2) is 10.2. The fourth-order valence-corrected chi connectivity index (χ4v) is 5.90. The zero-order valence-corrected chi connectivity index (χ0v) is 22.4.